The van der Waals surface area contributed by atoms with E-state index in [1.165, 1.54) is 18.4 Å². The van der Waals surface area contributed by atoms with Crippen LogP contribution in [0.1, 0.15) is 21.7 Å². The van der Waals surface area contributed by atoms with Crippen molar-refractivity contribution >= 4 is 17.3 Å². The van der Waals surface area contributed by atoms with Gasteiger partial charge in [0.2, 0.25) is 0 Å². The SMILES string of the molecule is Cc1occc1C(=O)Nc1ccc(N)c(C(F)(F)F)c1. The summed E-state index contributed by atoms with van der Waals surface area (Å²) in [6.07, 6.45) is -3.25. The number of rotatable bonds is 2. The van der Waals surface area contributed by atoms with E-state index in [9.17, 15) is 18.0 Å². The molecule has 20 heavy (non-hydrogen) atoms. The predicted octanol–water partition coefficient (Wildman–Crippen LogP) is 3.44. The molecule has 0 radical (unpaired) electrons. The third kappa shape index (κ3) is 2.76. The third-order valence-electron chi connectivity index (χ3n) is 2.72. The molecule has 0 bridgehead atoms. The zero-order valence-electron chi connectivity index (χ0n) is 10.4. The number of hydrogen-bond donors (Lipinski definition) is 2. The molecule has 1 aromatic heterocycles. The standard InChI is InChI=1S/C13H11F3N2O2/c1-7-9(4-5-20-7)12(19)18-8-2-3-11(17)10(6-8)13(14,15)16/h2-6H,17H2,1H3,(H,18,19). The molecule has 4 nitrogen and oxygen atoms in total. The van der Waals surface area contributed by atoms with Gasteiger partial charge in [-0.05, 0) is 31.2 Å². The van der Waals surface area contributed by atoms with E-state index in [-0.39, 0.29) is 11.3 Å². The quantitative estimate of drug-likeness (QED) is 0.830. The van der Waals surface area contributed by atoms with E-state index in [1.807, 2.05) is 0 Å². The van der Waals surface area contributed by atoms with E-state index in [0.717, 1.165) is 12.1 Å². The summed E-state index contributed by atoms with van der Waals surface area (Å²) in [5, 5.41) is 2.37. The molecule has 0 aliphatic rings. The molecule has 2 aromatic rings. The van der Waals surface area contributed by atoms with Crippen LogP contribution in [0.25, 0.3) is 0 Å². The molecule has 2 rings (SSSR count). The van der Waals surface area contributed by atoms with Crippen molar-refractivity contribution in [3.8, 4) is 0 Å². The van der Waals surface area contributed by atoms with Crippen LogP contribution in [0.2, 0.25) is 0 Å². The van der Waals surface area contributed by atoms with Crippen molar-refractivity contribution in [3.05, 3.63) is 47.4 Å². The van der Waals surface area contributed by atoms with Crippen LogP contribution in [0.5, 0.6) is 0 Å². The Kier molecular flexibility index (Phi) is 3.44. The molecular formula is C13H11F3N2O2. The number of aryl methyl sites for hydroxylation is 1. The van der Waals surface area contributed by atoms with E-state index < -0.39 is 23.3 Å². The van der Waals surface area contributed by atoms with Gasteiger partial charge in [0.15, 0.2) is 0 Å². The summed E-state index contributed by atoms with van der Waals surface area (Å²) >= 11 is 0. The van der Waals surface area contributed by atoms with E-state index >= 15 is 0 Å². The minimum absolute atomic E-state index is 0.0112. The largest absolute Gasteiger partial charge is 0.469 e. The first kappa shape index (κ1) is 14.0. The summed E-state index contributed by atoms with van der Waals surface area (Å²) in [5.74, 6) is -0.164. The number of alkyl halides is 3. The number of halogens is 3. The van der Waals surface area contributed by atoms with Crippen molar-refractivity contribution in [3.63, 3.8) is 0 Å². The fourth-order valence-corrected chi connectivity index (χ4v) is 1.70. The fraction of sp³-hybridized carbons (Fsp3) is 0.154. The van der Waals surface area contributed by atoms with Gasteiger partial charge in [0.05, 0.1) is 17.4 Å². The Bertz CT molecular complexity index is 647. The summed E-state index contributed by atoms with van der Waals surface area (Å²) < 4.78 is 43.0. The number of anilines is 2. The van der Waals surface area contributed by atoms with Crippen LogP contribution in [0.4, 0.5) is 24.5 Å². The average molecular weight is 284 g/mol. The molecule has 0 aliphatic carbocycles. The van der Waals surface area contributed by atoms with Gasteiger partial charge in [-0.2, -0.15) is 13.2 Å². The van der Waals surface area contributed by atoms with Crippen LogP contribution in [-0.2, 0) is 6.18 Å². The summed E-state index contributed by atoms with van der Waals surface area (Å²) in [6, 6.07) is 4.63. The van der Waals surface area contributed by atoms with Crippen molar-refractivity contribution in [1.29, 1.82) is 0 Å². The summed E-state index contributed by atoms with van der Waals surface area (Å²) in [5.41, 5.74) is 4.17. The second-order valence-corrected chi connectivity index (χ2v) is 4.14. The fourth-order valence-electron chi connectivity index (χ4n) is 1.70. The monoisotopic (exact) mass is 284 g/mol. The lowest BCUT2D eigenvalue weighted by atomic mass is 10.1. The van der Waals surface area contributed by atoms with E-state index in [2.05, 4.69) is 5.32 Å². The van der Waals surface area contributed by atoms with Gasteiger partial charge in [0, 0.05) is 11.4 Å². The molecule has 0 atom stereocenters. The smallest absolute Gasteiger partial charge is 0.418 e. The number of nitrogen functional groups attached to an aromatic ring is 1. The highest BCUT2D eigenvalue weighted by Gasteiger charge is 2.33. The van der Waals surface area contributed by atoms with Crippen molar-refractivity contribution in [2.24, 2.45) is 0 Å². The van der Waals surface area contributed by atoms with Crippen molar-refractivity contribution in [2.75, 3.05) is 11.1 Å². The number of benzene rings is 1. The van der Waals surface area contributed by atoms with Gasteiger partial charge in [0.1, 0.15) is 5.76 Å². The number of nitrogens with one attached hydrogen (secondary N) is 1. The maximum absolute atomic E-state index is 12.7. The average Bonchev–Trinajstić information content (AvgIpc) is 2.76. The second-order valence-electron chi connectivity index (χ2n) is 4.14. The number of carbonyl (C=O) groups excluding carboxylic acids is 1. The minimum Gasteiger partial charge on any atom is -0.469 e. The summed E-state index contributed by atoms with van der Waals surface area (Å²) in [7, 11) is 0. The molecule has 0 unspecified atom stereocenters. The highest BCUT2D eigenvalue weighted by atomic mass is 19.4. The lowest BCUT2D eigenvalue weighted by Gasteiger charge is -2.12. The van der Waals surface area contributed by atoms with Gasteiger partial charge in [-0.15, -0.1) is 0 Å². The normalized spacial score (nSPS) is 11.4. The summed E-state index contributed by atoms with van der Waals surface area (Å²) in [4.78, 5) is 11.9. The highest BCUT2D eigenvalue weighted by molar-refractivity contribution is 6.05. The van der Waals surface area contributed by atoms with Crippen LogP contribution >= 0.6 is 0 Å². The molecule has 1 amide bonds. The van der Waals surface area contributed by atoms with Crippen molar-refractivity contribution in [2.45, 2.75) is 13.1 Å². The summed E-state index contributed by atoms with van der Waals surface area (Å²) in [6.45, 7) is 1.58. The third-order valence-corrected chi connectivity index (χ3v) is 2.72. The van der Waals surface area contributed by atoms with E-state index in [1.54, 1.807) is 6.92 Å². The Morgan fingerprint density at radius 2 is 2.00 bits per heavy atom. The molecule has 1 heterocycles. The number of furan rings is 1. The molecular weight excluding hydrogens is 273 g/mol. The molecule has 0 spiro atoms. The van der Waals surface area contributed by atoms with Crippen LogP contribution in [0.15, 0.2) is 34.9 Å². The van der Waals surface area contributed by atoms with Gasteiger partial charge in [-0.1, -0.05) is 0 Å². The minimum atomic E-state index is -4.57. The zero-order chi connectivity index (χ0) is 14.9. The Hall–Kier alpha value is -2.44. The molecule has 3 N–H and O–H groups in total. The van der Waals surface area contributed by atoms with Crippen LogP contribution in [0.3, 0.4) is 0 Å². The molecule has 1 aromatic carbocycles. The molecule has 0 aliphatic heterocycles. The van der Waals surface area contributed by atoms with Crippen LogP contribution in [-0.4, -0.2) is 5.91 Å². The zero-order valence-corrected chi connectivity index (χ0v) is 10.4. The Morgan fingerprint density at radius 1 is 1.30 bits per heavy atom. The first-order valence-corrected chi connectivity index (χ1v) is 5.61. The molecule has 7 heteroatoms. The molecule has 0 saturated carbocycles. The van der Waals surface area contributed by atoms with Crippen molar-refractivity contribution in [1.82, 2.24) is 0 Å². The highest BCUT2D eigenvalue weighted by Crippen LogP contribution is 2.35. The number of hydrogen-bond acceptors (Lipinski definition) is 3. The van der Waals surface area contributed by atoms with E-state index in [4.69, 9.17) is 10.2 Å². The van der Waals surface area contributed by atoms with Crippen LogP contribution in [0, 0.1) is 6.92 Å². The number of carbonyl (C=O) groups is 1. The van der Waals surface area contributed by atoms with Gasteiger partial charge in [0.25, 0.3) is 5.91 Å². The lowest BCUT2D eigenvalue weighted by Crippen LogP contribution is -2.14. The Balaban J connectivity index is 2.27. The van der Waals surface area contributed by atoms with Gasteiger partial charge < -0.3 is 15.5 Å². The maximum Gasteiger partial charge on any atom is 0.418 e. The molecule has 0 saturated heterocycles. The second kappa shape index (κ2) is 4.92. The Labute approximate surface area is 112 Å². The maximum atomic E-state index is 12.7. The first-order valence-electron chi connectivity index (χ1n) is 5.61. The van der Waals surface area contributed by atoms with Crippen LogP contribution < -0.4 is 11.1 Å². The number of amides is 1. The van der Waals surface area contributed by atoms with Gasteiger partial charge in [-0.25, -0.2) is 0 Å². The van der Waals surface area contributed by atoms with Gasteiger partial charge >= 0.3 is 6.18 Å². The topological polar surface area (TPSA) is 68.3 Å². The van der Waals surface area contributed by atoms with Crippen molar-refractivity contribution < 1.29 is 22.4 Å². The van der Waals surface area contributed by atoms with Gasteiger partial charge in [-0.3, -0.25) is 4.79 Å². The Morgan fingerprint density at radius 3 is 2.55 bits per heavy atom. The molecule has 106 valence electrons. The predicted molar refractivity (Wildman–Crippen MR) is 67.3 cm³/mol. The van der Waals surface area contributed by atoms with E-state index in [0.29, 0.717) is 5.76 Å². The number of nitrogens with two attached hydrogens (primary N) is 1. The lowest BCUT2D eigenvalue weighted by molar-refractivity contribution is -0.136. The molecule has 0 fully saturated rings. The first-order chi connectivity index (χ1) is 9.29.